The van der Waals surface area contributed by atoms with E-state index in [0.717, 1.165) is 29.7 Å². The van der Waals surface area contributed by atoms with Gasteiger partial charge >= 0.3 is 118 Å². The SMILES string of the molecule is C=CS(=O)(=O)c1ccc(Nc2nc(Cl)[nH]c(=Nc3ccc(S(=O)(=O)[O-])c(N=Nc4c(S(=O)(=O)[O-])cc5cc(S(=O)(=O)O)c(N=Nc6cc(N=c7[nH]c(Cl)nc(=NC#N)[nH]7)ccc6S(=O)(=O)[O-])c([O-])c5c4N)c3)n2)cc1.[Na+].[Na+].[Na+].[Na+]. The second-order valence-electron chi connectivity index (χ2n) is 14.2. The standard InChI is InChI=1S/C37H26Cl2N16O15S5.4Na/c1-2-71(57,58)20-7-3-17(4-8-20)43-35-48-33(39)49-37(51-35)45-19-6-9-23(72(59,60)61)21(13-19)52-54-29-25(74(65,66)67)11-16-12-26(75(68,69)70)30(31(56)27(16)28(29)41)55-53-22-14-18(5-10-24(22)73(62,63)64)44-36-47-32(38)46-34(50-36)42-15-40;;;;/h2-14,56H,1,41H2,(H,59,60,61)(H,62,63,64)(H,65,66,67)(H,68,69,70)(H2,42,44,46,47,50)(H2,43,45,48,49,51);;;;/q;4*+1/p-4. The van der Waals surface area contributed by atoms with Crippen molar-refractivity contribution < 1.29 is 184 Å². The number of halogens is 2. The third-order valence-electron chi connectivity index (χ3n) is 9.36. The number of anilines is 3. The van der Waals surface area contributed by atoms with Gasteiger partial charge in [0.05, 0.1) is 42.3 Å². The first-order chi connectivity index (χ1) is 34.9. The molecule has 42 heteroatoms. The maximum atomic E-state index is 14.2. The van der Waals surface area contributed by atoms with Gasteiger partial charge in [-0.1, -0.05) is 12.3 Å². The van der Waals surface area contributed by atoms with Crippen LogP contribution in [0, 0.1) is 11.5 Å². The summed E-state index contributed by atoms with van der Waals surface area (Å²) in [5.74, 6) is -1.85. The summed E-state index contributed by atoms with van der Waals surface area (Å²) in [6.45, 7) is 3.26. The summed E-state index contributed by atoms with van der Waals surface area (Å²) < 4.78 is 172. The van der Waals surface area contributed by atoms with Gasteiger partial charge in [0.1, 0.15) is 52.3 Å². The average Bonchev–Trinajstić information content (AvgIpc) is 3.29. The molecule has 31 nitrogen and oxygen atoms in total. The molecular formula is C37H22Cl2N16Na4O15S5. The first-order valence-electron chi connectivity index (χ1n) is 19.3. The van der Waals surface area contributed by atoms with Gasteiger partial charge in [-0.05, 0) is 101 Å². The molecule has 5 aromatic carbocycles. The predicted octanol–water partition coefficient (Wildman–Crippen LogP) is -8.72. The van der Waals surface area contributed by atoms with Gasteiger partial charge in [0.25, 0.3) is 10.1 Å². The van der Waals surface area contributed by atoms with Crippen molar-refractivity contribution in [3.8, 4) is 11.9 Å². The number of aromatic amines is 3. The molecule has 7 rings (SSSR count). The number of nitriles is 1. The number of nitrogens with two attached hydrogens (primary N) is 1. The molecule has 0 atom stereocenters. The van der Waals surface area contributed by atoms with Gasteiger partial charge in [-0.25, -0.2) is 43.7 Å². The fourth-order valence-corrected chi connectivity index (χ4v) is 9.77. The first-order valence-corrected chi connectivity index (χ1v) is 27.3. The summed E-state index contributed by atoms with van der Waals surface area (Å²) in [5.41, 5.74) is -0.475. The minimum Gasteiger partial charge on any atom is -0.870 e. The number of sulfone groups is 1. The zero-order chi connectivity index (χ0) is 55.0. The normalized spacial score (nSPS) is 12.8. The molecular weight excluding hydrogens is 1230 g/mol. The van der Waals surface area contributed by atoms with E-state index in [9.17, 15) is 65.4 Å². The molecule has 7 N–H and O–H groups in total. The van der Waals surface area contributed by atoms with Crippen LogP contribution in [0.1, 0.15) is 0 Å². The van der Waals surface area contributed by atoms with Crippen LogP contribution in [0.25, 0.3) is 10.8 Å². The summed E-state index contributed by atoms with van der Waals surface area (Å²) in [6, 6.07) is 10.9. The number of rotatable bonds is 14. The number of nitrogens with one attached hydrogen (secondary N) is 4. The van der Waals surface area contributed by atoms with E-state index < -0.39 is 115 Å². The molecule has 0 aliphatic rings. The Kier molecular flexibility index (Phi) is 23.8. The topological polar surface area (TPSA) is 518 Å². The molecule has 0 spiro atoms. The molecule has 7 aromatic rings. The van der Waals surface area contributed by atoms with Crippen LogP contribution in [-0.4, -0.2) is 90.2 Å². The van der Waals surface area contributed by atoms with Gasteiger partial charge < -0.3 is 34.8 Å². The maximum Gasteiger partial charge on any atom is 1.00 e. The van der Waals surface area contributed by atoms with E-state index in [4.69, 9.17) is 34.2 Å². The molecule has 388 valence electrons. The smallest absolute Gasteiger partial charge is 0.870 e. The zero-order valence-corrected chi connectivity index (χ0v) is 53.8. The molecule has 0 saturated heterocycles. The molecule has 0 saturated carbocycles. The molecule has 0 aliphatic heterocycles. The number of aromatic nitrogens is 6. The number of nitrogen functional groups attached to an aromatic ring is 1. The van der Waals surface area contributed by atoms with Crippen LogP contribution < -0.4 is 151 Å². The van der Waals surface area contributed by atoms with Crippen molar-refractivity contribution in [2.24, 2.45) is 35.4 Å². The Hall–Kier alpha value is -4.22. The van der Waals surface area contributed by atoms with Gasteiger partial charge in [-0.15, -0.1) is 25.4 Å². The van der Waals surface area contributed by atoms with Crippen LogP contribution in [0.2, 0.25) is 10.6 Å². The fraction of sp³-hybridized carbons (Fsp3) is 0. The van der Waals surface area contributed by atoms with E-state index in [1.165, 1.54) is 30.5 Å². The van der Waals surface area contributed by atoms with E-state index in [1.54, 1.807) is 0 Å². The molecule has 2 heterocycles. The maximum absolute atomic E-state index is 14.2. The number of nitrogens with zero attached hydrogens (tertiary/aromatic N) is 11. The van der Waals surface area contributed by atoms with Crippen molar-refractivity contribution in [2.45, 2.75) is 24.5 Å². The van der Waals surface area contributed by atoms with Crippen molar-refractivity contribution >= 4 is 136 Å². The molecule has 79 heavy (non-hydrogen) atoms. The Bertz CT molecular complexity index is 4530. The van der Waals surface area contributed by atoms with Crippen molar-refractivity contribution in [1.82, 2.24) is 29.9 Å². The fourth-order valence-electron chi connectivity index (χ4n) is 6.24. The zero-order valence-electron chi connectivity index (χ0n) is 40.2. The number of fused-ring (bicyclic) bond motifs is 1. The van der Waals surface area contributed by atoms with E-state index in [1.807, 2.05) is 0 Å². The molecule has 0 amide bonds. The van der Waals surface area contributed by atoms with Crippen LogP contribution in [0.3, 0.4) is 0 Å². The van der Waals surface area contributed by atoms with Crippen LogP contribution >= 0.6 is 23.2 Å². The minimum absolute atomic E-state index is 0. The van der Waals surface area contributed by atoms with Crippen molar-refractivity contribution in [1.29, 1.82) is 5.26 Å². The third kappa shape index (κ3) is 16.9. The molecule has 0 bridgehead atoms. The van der Waals surface area contributed by atoms with Crippen molar-refractivity contribution in [3.05, 3.63) is 112 Å². The van der Waals surface area contributed by atoms with Crippen LogP contribution in [0.5, 0.6) is 5.75 Å². The Morgan fingerprint density at radius 2 is 1.18 bits per heavy atom. The Morgan fingerprint density at radius 1 is 0.658 bits per heavy atom. The summed E-state index contributed by atoms with van der Waals surface area (Å²) in [6.07, 6.45) is 1.44. The second-order valence-corrected chi connectivity index (χ2v) is 22.3. The van der Waals surface area contributed by atoms with Gasteiger partial charge in [0, 0.05) is 16.5 Å². The minimum atomic E-state index is -5.79. The molecule has 0 fully saturated rings. The van der Waals surface area contributed by atoms with Gasteiger partial charge in [0.2, 0.25) is 39.6 Å². The summed E-state index contributed by atoms with van der Waals surface area (Å²) >= 11 is 12.0. The van der Waals surface area contributed by atoms with Crippen LogP contribution in [0.15, 0.2) is 145 Å². The summed E-state index contributed by atoms with van der Waals surface area (Å²) in [4.78, 5) is 25.5. The number of H-pyrrole nitrogens is 3. The first kappa shape index (κ1) is 69.1. The van der Waals surface area contributed by atoms with Gasteiger partial charge in [-0.3, -0.25) is 14.5 Å². The Morgan fingerprint density at radius 3 is 1.70 bits per heavy atom. The number of benzene rings is 5. The van der Waals surface area contributed by atoms with E-state index >= 15 is 0 Å². The largest absolute Gasteiger partial charge is 1.00 e. The van der Waals surface area contributed by atoms with Crippen LogP contribution in [-0.2, 0) is 50.3 Å². The average molecular weight is 1250 g/mol. The summed E-state index contributed by atoms with van der Waals surface area (Å²) in [7, 11) is -26.1. The van der Waals surface area contributed by atoms with Crippen molar-refractivity contribution in [2.75, 3.05) is 11.1 Å². The van der Waals surface area contributed by atoms with Crippen LogP contribution in [0.4, 0.5) is 51.4 Å². The van der Waals surface area contributed by atoms with E-state index in [0.29, 0.717) is 24.3 Å². The van der Waals surface area contributed by atoms with Gasteiger partial charge in [-0.2, -0.15) is 28.6 Å². The quantitative estimate of drug-likeness (QED) is 0.0194. The second kappa shape index (κ2) is 27.2. The Balaban J connectivity index is 0.00000410. The Labute approximate surface area is 542 Å². The number of hydrogen-bond donors (Lipinski definition) is 6. The third-order valence-corrected chi connectivity index (χ3v) is 14.6. The van der Waals surface area contributed by atoms with E-state index in [2.05, 4.69) is 77.2 Å². The molecule has 0 radical (unpaired) electrons. The monoisotopic (exact) mass is 1250 g/mol. The summed E-state index contributed by atoms with van der Waals surface area (Å²) in [5, 5.41) is 38.5. The molecule has 0 unspecified atom stereocenters. The van der Waals surface area contributed by atoms with Gasteiger partial charge in [0.15, 0.2) is 9.84 Å². The molecule has 2 aromatic heterocycles. The van der Waals surface area contributed by atoms with E-state index in [-0.39, 0.29) is 174 Å². The predicted molar refractivity (Wildman–Crippen MR) is 251 cm³/mol. The van der Waals surface area contributed by atoms with Crippen molar-refractivity contribution in [3.63, 3.8) is 0 Å². The number of azo groups is 2. The number of hydrogen-bond acceptors (Lipinski definition) is 27. The molecule has 0 aliphatic carbocycles.